The van der Waals surface area contributed by atoms with E-state index in [0.717, 1.165) is 24.5 Å². The maximum Gasteiger partial charge on any atom is 0.246 e. The summed E-state index contributed by atoms with van der Waals surface area (Å²) >= 11 is 0. The van der Waals surface area contributed by atoms with Crippen LogP contribution in [0, 0.1) is 5.82 Å². The molecule has 0 radical (unpaired) electrons. The molecule has 1 saturated heterocycles. The lowest BCUT2D eigenvalue weighted by molar-refractivity contribution is 0.199. The van der Waals surface area contributed by atoms with Gasteiger partial charge in [0, 0.05) is 38.6 Å². The predicted octanol–water partition coefficient (Wildman–Crippen LogP) is 1.38. The number of hydrogen-bond donors (Lipinski definition) is 0. The molecular formula is C17H21FN4O3S. The second-order valence-corrected chi connectivity index (χ2v) is 8.55. The van der Waals surface area contributed by atoms with Crippen LogP contribution in [0.3, 0.4) is 0 Å². The van der Waals surface area contributed by atoms with E-state index < -0.39 is 15.8 Å². The van der Waals surface area contributed by atoms with Crippen molar-refractivity contribution >= 4 is 10.0 Å². The molecule has 2 aliphatic rings. The number of methoxy groups -OCH3 is 1. The molecule has 1 aromatic carbocycles. The molecule has 26 heavy (non-hydrogen) atoms. The predicted molar refractivity (Wildman–Crippen MR) is 91.5 cm³/mol. The second-order valence-electron chi connectivity index (χ2n) is 6.74. The van der Waals surface area contributed by atoms with Gasteiger partial charge in [0.1, 0.15) is 22.4 Å². The Labute approximate surface area is 151 Å². The molecule has 2 aromatic rings. The fraction of sp³-hybridized carbons (Fsp3) is 0.529. The van der Waals surface area contributed by atoms with Crippen molar-refractivity contribution in [2.24, 2.45) is 0 Å². The molecule has 0 saturated carbocycles. The molecule has 1 fully saturated rings. The van der Waals surface area contributed by atoms with E-state index in [2.05, 4.69) is 10.2 Å². The van der Waals surface area contributed by atoms with Crippen LogP contribution in [0.1, 0.15) is 24.5 Å². The van der Waals surface area contributed by atoms with Gasteiger partial charge < -0.3 is 9.30 Å². The summed E-state index contributed by atoms with van der Waals surface area (Å²) in [5.41, 5.74) is 0. The van der Waals surface area contributed by atoms with Gasteiger partial charge in [-0.3, -0.25) is 0 Å². The number of halogens is 1. The van der Waals surface area contributed by atoms with E-state index in [1.807, 2.05) is 4.57 Å². The van der Waals surface area contributed by atoms with Gasteiger partial charge in [-0.25, -0.2) is 12.8 Å². The van der Waals surface area contributed by atoms with Gasteiger partial charge in [-0.2, -0.15) is 4.31 Å². The molecular weight excluding hydrogens is 359 g/mol. The first-order valence-electron chi connectivity index (χ1n) is 8.70. The molecule has 7 nitrogen and oxygen atoms in total. The Morgan fingerprint density at radius 3 is 2.77 bits per heavy atom. The highest BCUT2D eigenvalue weighted by Crippen LogP contribution is 2.36. The summed E-state index contributed by atoms with van der Waals surface area (Å²) in [6, 6.07) is 5.12. The first-order chi connectivity index (χ1) is 12.5. The summed E-state index contributed by atoms with van der Waals surface area (Å²) in [4.78, 5) is -0.255. The lowest BCUT2D eigenvalue weighted by Crippen LogP contribution is -2.42. The number of rotatable bonds is 5. The van der Waals surface area contributed by atoms with E-state index in [-0.39, 0.29) is 17.0 Å². The molecule has 140 valence electrons. The van der Waals surface area contributed by atoms with Crippen molar-refractivity contribution in [2.75, 3.05) is 13.7 Å². The zero-order chi connectivity index (χ0) is 18.3. The highest BCUT2D eigenvalue weighted by molar-refractivity contribution is 7.89. The highest BCUT2D eigenvalue weighted by Gasteiger charge is 2.46. The Balaban J connectivity index is 1.69. The molecule has 0 spiro atoms. The third kappa shape index (κ3) is 2.83. The molecule has 1 aromatic heterocycles. The maximum atomic E-state index is 14.2. The Bertz CT molecular complexity index is 914. The Kier molecular flexibility index (Phi) is 4.54. The Morgan fingerprint density at radius 2 is 2.00 bits per heavy atom. The number of aromatic nitrogens is 3. The third-order valence-corrected chi connectivity index (χ3v) is 7.23. The van der Waals surface area contributed by atoms with Crippen LogP contribution in [0.25, 0.3) is 0 Å². The van der Waals surface area contributed by atoms with Crippen LogP contribution >= 0.6 is 0 Å². The molecule has 2 aliphatic heterocycles. The number of sulfonamides is 1. The van der Waals surface area contributed by atoms with Gasteiger partial charge in [0.15, 0.2) is 0 Å². The quantitative estimate of drug-likeness (QED) is 0.783. The summed E-state index contributed by atoms with van der Waals surface area (Å²) in [5, 5.41) is 8.50. The van der Waals surface area contributed by atoms with Gasteiger partial charge in [-0.15, -0.1) is 10.2 Å². The van der Waals surface area contributed by atoms with Crippen LogP contribution in [0.4, 0.5) is 4.39 Å². The first kappa shape index (κ1) is 17.6. The number of benzene rings is 1. The van der Waals surface area contributed by atoms with Gasteiger partial charge in [0.2, 0.25) is 10.0 Å². The van der Waals surface area contributed by atoms with E-state index in [4.69, 9.17) is 4.74 Å². The average Bonchev–Trinajstić information content (AvgIpc) is 3.13. The van der Waals surface area contributed by atoms with Crippen molar-refractivity contribution in [3.63, 3.8) is 0 Å². The summed E-state index contributed by atoms with van der Waals surface area (Å²) in [7, 11) is -2.28. The summed E-state index contributed by atoms with van der Waals surface area (Å²) < 4.78 is 49.1. The minimum atomic E-state index is -3.91. The Hall–Kier alpha value is -1.84. The molecule has 0 aliphatic carbocycles. The van der Waals surface area contributed by atoms with E-state index in [1.54, 1.807) is 13.2 Å². The fourth-order valence-electron chi connectivity index (χ4n) is 4.00. The van der Waals surface area contributed by atoms with Gasteiger partial charge in [0.05, 0.1) is 6.61 Å². The van der Waals surface area contributed by atoms with Crippen molar-refractivity contribution in [3.8, 4) is 0 Å². The zero-order valence-corrected chi connectivity index (χ0v) is 15.3. The minimum Gasteiger partial charge on any atom is -0.384 e. The second kappa shape index (κ2) is 6.71. The van der Waals surface area contributed by atoms with E-state index in [9.17, 15) is 12.8 Å². The van der Waals surface area contributed by atoms with Crippen LogP contribution in [-0.2, 0) is 34.1 Å². The molecule has 3 heterocycles. The topological polar surface area (TPSA) is 77.3 Å². The van der Waals surface area contributed by atoms with Crippen LogP contribution in [0.2, 0.25) is 0 Å². The molecule has 9 heteroatoms. The van der Waals surface area contributed by atoms with Crippen molar-refractivity contribution in [1.82, 2.24) is 19.1 Å². The number of ether oxygens (including phenoxy) is 1. The summed E-state index contributed by atoms with van der Waals surface area (Å²) in [5.74, 6) is 0.881. The average molecular weight is 380 g/mol. The van der Waals surface area contributed by atoms with E-state index in [1.165, 1.54) is 22.5 Å². The SMILES string of the molecule is COCCc1nnc2n1C[C@H]1CC[C@@H](C2)N1S(=O)(=O)c1ccccc1F. The van der Waals surface area contributed by atoms with Crippen LogP contribution in [-0.4, -0.2) is 53.3 Å². The van der Waals surface area contributed by atoms with Crippen molar-refractivity contribution in [3.05, 3.63) is 41.7 Å². The van der Waals surface area contributed by atoms with Crippen LogP contribution in [0.5, 0.6) is 0 Å². The molecule has 2 bridgehead atoms. The number of hydrogen-bond acceptors (Lipinski definition) is 5. The molecule has 4 rings (SSSR count). The Morgan fingerprint density at radius 1 is 1.23 bits per heavy atom. The van der Waals surface area contributed by atoms with Gasteiger partial charge in [-0.05, 0) is 25.0 Å². The number of nitrogens with zero attached hydrogens (tertiary/aromatic N) is 4. The molecule has 2 atom stereocenters. The lowest BCUT2D eigenvalue weighted by Gasteiger charge is -2.27. The van der Waals surface area contributed by atoms with Crippen LogP contribution in [0.15, 0.2) is 29.2 Å². The number of fused-ring (bicyclic) bond motifs is 3. The minimum absolute atomic E-state index is 0.217. The summed E-state index contributed by atoms with van der Waals surface area (Å²) in [6.45, 7) is 1.02. The van der Waals surface area contributed by atoms with E-state index in [0.29, 0.717) is 26.0 Å². The third-order valence-electron chi connectivity index (χ3n) is 5.19. The van der Waals surface area contributed by atoms with Gasteiger partial charge >= 0.3 is 0 Å². The largest absolute Gasteiger partial charge is 0.384 e. The summed E-state index contributed by atoms with van der Waals surface area (Å²) in [6.07, 6.45) is 2.61. The molecule has 0 unspecified atom stereocenters. The van der Waals surface area contributed by atoms with Crippen molar-refractivity contribution < 1.29 is 17.5 Å². The molecule has 0 N–H and O–H groups in total. The lowest BCUT2D eigenvalue weighted by atomic mass is 10.1. The standard InChI is InChI=1S/C17H21FN4O3S/c1-25-9-8-16-19-20-17-10-12-6-7-13(11-21(16)17)22(12)26(23,24)15-5-3-2-4-14(15)18/h2-5,12-13H,6-11H2,1H3/t12-,13+/m0/s1. The van der Waals surface area contributed by atoms with Gasteiger partial charge in [-0.1, -0.05) is 12.1 Å². The highest BCUT2D eigenvalue weighted by atomic mass is 32.2. The van der Waals surface area contributed by atoms with Crippen molar-refractivity contribution in [2.45, 2.75) is 49.2 Å². The van der Waals surface area contributed by atoms with E-state index >= 15 is 0 Å². The smallest absolute Gasteiger partial charge is 0.246 e. The fourth-order valence-corrected chi connectivity index (χ4v) is 5.92. The van der Waals surface area contributed by atoms with Gasteiger partial charge in [0.25, 0.3) is 0 Å². The van der Waals surface area contributed by atoms with Crippen molar-refractivity contribution in [1.29, 1.82) is 0 Å². The first-order valence-corrected chi connectivity index (χ1v) is 10.1. The molecule has 0 amide bonds. The van der Waals surface area contributed by atoms with Crippen LogP contribution < -0.4 is 0 Å². The zero-order valence-electron chi connectivity index (χ0n) is 14.5. The maximum absolute atomic E-state index is 14.2. The normalized spacial score (nSPS) is 23.0. The monoisotopic (exact) mass is 380 g/mol.